The molecule has 126 heavy (non-hydrogen) atoms. The predicted octanol–water partition coefficient (Wildman–Crippen LogP) is 19.5. The van der Waals surface area contributed by atoms with E-state index in [2.05, 4.69) is 92.7 Å². The van der Waals surface area contributed by atoms with E-state index in [9.17, 15) is 45.9 Å². The van der Waals surface area contributed by atoms with Crippen molar-refractivity contribution in [2.75, 3.05) is 38.4 Å². The lowest BCUT2D eigenvalue weighted by molar-refractivity contribution is -0.140. The molecule has 5 aromatic carbocycles. The van der Waals surface area contributed by atoms with Crippen LogP contribution in [0.3, 0.4) is 0 Å². The highest BCUT2D eigenvalue weighted by molar-refractivity contribution is 9.09. The Labute approximate surface area is 773 Å². The lowest BCUT2D eigenvalue weighted by Gasteiger charge is -2.34. The number of hydrogen-bond acceptors (Lipinski definition) is 30. The third kappa shape index (κ3) is 23.6. The summed E-state index contributed by atoms with van der Waals surface area (Å²) in [7, 11) is 0. The van der Waals surface area contributed by atoms with Gasteiger partial charge in [0.1, 0.15) is 64.4 Å². The van der Waals surface area contributed by atoms with E-state index in [0.29, 0.717) is 133 Å². The summed E-state index contributed by atoms with van der Waals surface area (Å²) < 4.78 is 93.0. The van der Waals surface area contributed by atoms with E-state index >= 15 is 0 Å². The first-order chi connectivity index (χ1) is 60.6. The highest BCUT2D eigenvalue weighted by Crippen LogP contribution is 2.43. The first-order valence-corrected chi connectivity index (χ1v) is 45.6. The second-order valence-electron chi connectivity index (χ2n) is 26.5. The van der Waals surface area contributed by atoms with Crippen LogP contribution in [-0.4, -0.2) is 116 Å². The van der Waals surface area contributed by atoms with Gasteiger partial charge in [0, 0.05) is 139 Å². The molecule has 5 aromatic heterocycles. The van der Waals surface area contributed by atoms with Gasteiger partial charge in [0.2, 0.25) is 0 Å². The molecule has 2 unspecified atom stereocenters. The van der Waals surface area contributed by atoms with Gasteiger partial charge in [0.15, 0.2) is 43.4 Å². The maximum Gasteiger partial charge on any atom is 0.338 e. The van der Waals surface area contributed by atoms with Gasteiger partial charge in [-0.15, -0.1) is 56.7 Å². The van der Waals surface area contributed by atoms with Crippen molar-refractivity contribution < 1.29 is 69.6 Å². The van der Waals surface area contributed by atoms with Crippen molar-refractivity contribution in [3.8, 4) is 0 Å². The van der Waals surface area contributed by atoms with Gasteiger partial charge in [-0.2, -0.15) is 0 Å². The van der Waals surface area contributed by atoms with Crippen LogP contribution in [-0.2, 0) is 47.7 Å². The molecule has 41 heteroatoms. The Hall–Kier alpha value is -10.5. The summed E-state index contributed by atoms with van der Waals surface area (Å²) in [5.74, 6) is -2.53. The van der Waals surface area contributed by atoms with Crippen LogP contribution in [0.5, 0.6) is 0 Å². The number of rotatable bonds is 21. The normalized spacial score (nSPS) is 17.7. The molecule has 0 radical (unpaired) electrons. The van der Waals surface area contributed by atoms with Crippen molar-refractivity contribution in [3.05, 3.63) is 312 Å². The molecule has 10 heterocycles. The number of ether oxygens (including phenoxy) is 5. The van der Waals surface area contributed by atoms with Gasteiger partial charge in [-0.1, -0.05) is 104 Å². The monoisotopic (exact) mass is 1980 g/mol. The van der Waals surface area contributed by atoms with Crippen LogP contribution in [0.15, 0.2) is 225 Å². The maximum atomic E-state index is 13.5. The van der Waals surface area contributed by atoms with Gasteiger partial charge in [0.25, 0.3) is 0 Å². The lowest BCUT2D eigenvalue weighted by atomic mass is 9.94. The molecular formula is C85H76BrCl5F5N15O10S5. The minimum atomic E-state index is -0.727. The zero-order valence-corrected chi connectivity index (χ0v) is 77.4. The number of carbonyl (C=O) groups excluding carboxylic acids is 5. The van der Waals surface area contributed by atoms with Crippen molar-refractivity contribution in [3.63, 3.8) is 0 Å². The van der Waals surface area contributed by atoms with Crippen molar-refractivity contribution in [2.24, 2.45) is 20.0 Å². The van der Waals surface area contributed by atoms with Crippen LogP contribution in [0.25, 0.3) is 0 Å². The number of amidine groups is 4. The Morgan fingerprint density at radius 3 is 0.905 bits per heavy atom. The molecule has 15 rings (SSSR count). The van der Waals surface area contributed by atoms with Crippen LogP contribution in [0.2, 0.25) is 25.1 Å². The van der Waals surface area contributed by atoms with Crippen molar-refractivity contribution in [1.29, 1.82) is 0 Å². The Kier molecular flexibility index (Phi) is 34.6. The number of aliphatic imine (C=N–C) groups is 4. The number of nitrogens with zero attached hydrogens (tertiary/aromatic N) is 9. The smallest absolute Gasteiger partial charge is 0.338 e. The molecule has 6 N–H and O–H groups in total. The SMILES string of the molecule is CCOC(=O)C1=C(C)NC(c2nccs2)=N[C@@H]1c1ccc(F)cc1Cl.CCOC(=O)C1=C(C)NC(c2nccs2)=N[C@@H]1c1ccc(F)cc1Cl.CCOC(=O)C1=C(C)NC(c2nccs2)=N[C@H]1c1ccc(F)cc1Cl.CCOC(=O)C1=C(C)NC(c2nccs2)NC1c1ccc(F)cc1Cl.CCOC(=O)C1=C(CBr)NC(c2nccs2)=N[C@@H]1c1ccc(F)cc1Cl. The molecule has 5 aliphatic rings. The zero-order chi connectivity index (χ0) is 90.6. The number of carbonyl (C=O) groups is 5. The Balaban J connectivity index is 0.000000153. The average molecular weight is 1980 g/mol. The van der Waals surface area contributed by atoms with Gasteiger partial charge >= 0.3 is 29.8 Å². The summed E-state index contributed by atoms with van der Waals surface area (Å²) >= 11 is 41.7. The molecule has 0 bridgehead atoms. The summed E-state index contributed by atoms with van der Waals surface area (Å²) in [5, 5.41) is 33.2. The van der Waals surface area contributed by atoms with E-state index in [-0.39, 0.29) is 64.3 Å². The number of allylic oxidation sites excluding steroid dienone is 5. The highest BCUT2D eigenvalue weighted by Gasteiger charge is 2.40. The Morgan fingerprint density at radius 2 is 0.635 bits per heavy atom. The van der Waals surface area contributed by atoms with E-state index < -0.39 is 89.1 Å². The number of nitrogens with one attached hydrogen (secondary N) is 6. The molecule has 6 atom stereocenters. The maximum absolute atomic E-state index is 13.5. The number of halogens is 11. The predicted molar refractivity (Wildman–Crippen MR) is 484 cm³/mol. The number of hydrogen-bond donors (Lipinski definition) is 6. The number of aromatic nitrogens is 5. The van der Waals surface area contributed by atoms with Gasteiger partial charge < -0.3 is 50.3 Å². The molecule has 0 aliphatic carbocycles. The number of alkyl halides is 1. The molecule has 0 amide bonds. The van der Waals surface area contributed by atoms with Crippen molar-refractivity contribution in [2.45, 2.75) is 98.7 Å². The molecule has 0 saturated heterocycles. The molecule has 25 nitrogen and oxygen atoms in total. The zero-order valence-electron chi connectivity index (χ0n) is 67.9. The van der Waals surface area contributed by atoms with E-state index in [1.165, 1.54) is 142 Å². The van der Waals surface area contributed by atoms with E-state index in [0.717, 1.165) is 5.01 Å². The fraction of sp³-hybridized carbons (Fsp3) is 0.247. The molecule has 0 spiro atoms. The third-order valence-electron chi connectivity index (χ3n) is 18.4. The number of esters is 5. The van der Waals surface area contributed by atoms with Crippen LogP contribution >= 0.6 is 131 Å². The standard InChI is InChI=1S/C17H14BrClFN3O2S.C17H17ClFN3O2S.3C17H15ClFN3O2S/c1-2-25-17(24)13-12(8-18)22-15(16-21-5-6-26-16)23-14(13)10-4-3-9(20)7-11(10)19;4*1-3-24-17(23)13-9(2)21-15(16-20-6-7-25-16)22-14(13)11-5-4-10(19)8-12(11)18/h3-7,14H,2,8H2,1H3,(H,22,23);4-8,14-15,21-22H,3H2,1-2H3;3*4-8,14H,3H2,1-2H3,(H,21,22)/t14-;;3*14-/m1.110/s1. The van der Waals surface area contributed by atoms with Gasteiger partial charge in [0.05, 0.1) is 66.9 Å². The fourth-order valence-corrected chi connectivity index (χ4v) is 17.8. The highest BCUT2D eigenvalue weighted by atomic mass is 79.9. The number of thiazole rings is 5. The van der Waals surface area contributed by atoms with Crippen LogP contribution < -0.4 is 31.9 Å². The third-order valence-corrected chi connectivity index (χ3v) is 24.5. The summed E-state index contributed by atoms with van der Waals surface area (Å²) in [5.41, 5.74) is 7.57. The Morgan fingerprint density at radius 1 is 0.365 bits per heavy atom. The van der Waals surface area contributed by atoms with Crippen molar-refractivity contribution >= 4 is 184 Å². The second-order valence-corrected chi connectivity index (χ2v) is 33.6. The molecule has 5 aliphatic heterocycles. The first-order valence-electron chi connectivity index (χ1n) is 38.2. The molecular weight excluding hydrogens is 1900 g/mol. The quantitative estimate of drug-likeness (QED) is 0.0168. The van der Waals surface area contributed by atoms with E-state index in [1.807, 2.05) is 26.9 Å². The van der Waals surface area contributed by atoms with Gasteiger partial charge in [-0.3, -0.25) is 25.3 Å². The average Bonchev–Trinajstić information content (AvgIpc) is 1.42. The number of benzene rings is 5. The summed E-state index contributed by atoms with van der Waals surface area (Å²) in [6, 6.07) is 16.9. The van der Waals surface area contributed by atoms with Crippen LogP contribution in [0.4, 0.5) is 22.0 Å². The molecule has 658 valence electrons. The summed E-state index contributed by atoms with van der Waals surface area (Å²) in [6.45, 7) is 17.0. The van der Waals surface area contributed by atoms with E-state index in [1.54, 1.807) is 99.4 Å². The summed E-state index contributed by atoms with van der Waals surface area (Å²) in [4.78, 5) is 102. The van der Waals surface area contributed by atoms with Gasteiger partial charge in [-0.05, 0) is 129 Å². The molecule has 0 fully saturated rings. The molecule has 10 aromatic rings. The van der Waals surface area contributed by atoms with E-state index in [4.69, 9.17) is 81.7 Å². The topological polar surface area (TPSA) is 318 Å². The van der Waals surface area contributed by atoms with Crippen molar-refractivity contribution in [1.82, 2.24) is 56.8 Å². The minimum Gasteiger partial charge on any atom is -0.463 e. The fourth-order valence-electron chi connectivity index (χ4n) is 13.0. The lowest BCUT2D eigenvalue weighted by Crippen LogP contribution is -2.44. The second kappa shape index (κ2) is 45.3. The molecule has 0 saturated carbocycles. The van der Waals surface area contributed by atoms with Gasteiger partial charge in [-0.25, -0.2) is 70.8 Å². The Bertz CT molecular complexity index is 5560. The van der Waals surface area contributed by atoms with Crippen LogP contribution in [0.1, 0.15) is 152 Å². The minimum absolute atomic E-state index is 0.190. The summed E-state index contributed by atoms with van der Waals surface area (Å²) in [6.07, 6.45) is 8.10. The largest absolute Gasteiger partial charge is 0.463 e. The first kappa shape index (κ1) is 96.2. The van der Waals surface area contributed by atoms with Crippen LogP contribution in [0, 0.1) is 29.1 Å².